The Morgan fingerprint density at radius 3 is 2.53 bits per heavy atom. The van der Waals surface area contributed by atoms with Gasteiger partial charge in [-0.05, 0) is 30.3 Å². The van der Waals surface area contributed by atoms with Crippen molar-refractivity contribution >= 4 is 27.4 Å². The van der Waals surface area contributed by atoms with Gasteiger partial charge < -0.3 is 0 Å². The Morgan fingerprint density at radius 2 is 1.89 bits per heavy atom. The van der Waals surface area contributed by atoms with Crippen LogP contribution in [0.25, 0.3) is 0 Å². The molecule has 1 N–H and O–H groups in total. The molecule has 0 saturated carbocycles. The van der Waals surface area contributed by atoms with Crippen LogP contribution in [0.4, 0.5) is 14.6 Å². The summed E-state index contributed by atoms with van der Waals surface area (Å²) in [7, 11) is -4.08. The first-order valence-electron chi connectivity index (χ1n) is 4.98. The van der Waals surface area contributed by atoms with Crippen LogP contribution in [0, 0.1) is 11.6 Å². The maximum atomic E-state index is 13.0. The van der Waals surface area contributed by atoms with Gasteiger partial charge in [-0.25, -0.2) is 22.2 Å². The zero-order valence-electron chi connectivity index (χ0n) is 9.27. The van der Waals surface area contributed by atoms with E-state index in [1.54, 1.807) is 0 Å². The molecule has 2 aromatic rings. The van der Waals surface area contributed by atoms with Gasteiger partial charge in [0.05, 0.1) is 9.92 Å². The van der Waals surface area contributed by atoms with E-state index in [9.17, 15) is 17.2 Å². The van der Waals surface area contributed by atoms with E-state index in [0.717, 1.165) is 12.1 Å². The van der Waals surface area contributed by atoms with Gasteiger partial charge in [-0.1, -0.05) is 11.6 Å². The molecule has 0 bridgehead atoms. The van der Waals surface area contributed by atoms with Crippen molar-refractivity contribution in [1.82, 2.24) is 4.98 Å². The monoisotopic (exact) mass is 304 g/mol. The summed E-state index contributed by atoms with van der Waals surface area (Å²) >= 11 is 5.75. The fourth-order valence-electron chi connectivity index (χ4n) is 1.29. The van der Waals surface area contributed by atoms with Crippen LogP contribution in [0.5, 0.6) is 0 Å². The van der Waals surface area contributed by atoms with E-state index in [0.29, 0.717) is 6.07 Å². The smallest absolute Gasteiger partial charge is 0.262 e. The molecule has 0 atom stereocenters. The number of nitrogens with zero attached hydrogens (tertiary/aromatic N) is 1. The highest BCUT2D eigenvalue weighted by atomic mass is 35.5. The van der Waals surface area contributed by atoms with Crippen molar-refractivity contribution in [2.75, 3.05) is 4.72 Å². The summed E-state index contributed by atoms with van der Waals surface area (Å²) < 4.78 is 51.7. The number of pyridine rings is 1. The van der Waals surface area contributed by atoms with Crippen LogP contribution in [0.15, 0.2) is 41.4 Å². The highest BCUT2D eigenvalue weighted by Crippen LogP contribution is 2.22. The molecule has 0 aliphatic carbocycles. The van der Waals surface area contributed by atoms with E-state index >= 15 is 0 Å². The summed E-state index contributed by atoms with van der Waals surface area (Å²) in [6.07, 6.45) is 1.34. The highest BCUT2D eigenvalue weighted by molar-refractivity contribution is 7.92. The molecular formula is C11H7ClF2N2O2S. The van der Waals surface area contributed by atoms with Gasteiger partial charge in [-0.3, -0.25) is 4.72 Å². The lowest BCUT2D eigenvalue weighted by Crippen LogP contribution is -2.14. The van der Waals surface area contributed by atoms with Gasteiger partial charge in [0.2, 0.25) is 0 Å². The van der Waals surface area contributed by atoms with Crippen LogP contribution in [0.1, 0.15) is 0 Å². The molecule has 100 valence electrons. The first kappa shape index (κ1) is 13.7. The lowest BCUT2D eigenvalue weighted by molar-refractivity contribution is 0.504. The molecule has 19 heavy (non-hydrogen) atoms. The lowest BCUT2D eigenvalue weighted by Gasteiger charge is -2.08. The van der Waals surface area contributed by atoms with Crippen molar-refractivity contribution in [3.8, 4) is 0 Å². The summed E-state index contributed by atoms with van der Waals surface area (Å²) in [5.74, 6) is -2.47. The Kier molecular flexibility index (Phi) is 3.68. The number of benzene rings is 1. The van der Waals surface area contributed by atoms with Crippen LogP contribution in [0.2, 0.25) is 5.02 Å². The van der Waals surface area contributed by atoms with Crippen molar-refractivity contribution in [2.24, 2.45) is 0 Å². The second kappa shape index (κ2) is 5.10. The number of aromatic nitrogens is 1. The van der Waals surface area contributed by atoms with Gasteiger partial charge in [0.15, 0.2) is 17.5 Å². The van der Waals surface area contributed by atoms with Crippen molar-refractivity contribution in [3.63, 3.8) is 0 Å². The van der Waals surface area contributed by atoms with Crippen LogP contribution in [0.3, 0.4) is 0 Å². The van der Waals surface area contributed by atoms with Crippen molar-refractivity contribution in [3.05, 3.63) is 53.2 Å². The zero-order chi connectivity index (χ0) is 14.0. The Hall–Kier alpha value is -1.73. The zero-order valence-corrected chi connectivity index (χ0v) is 10.8. The molecule has 0 fully saturated rings. The van der Waals surface area contributed by atoms with E-state index < -0.39 is 26.6 Å². The van der Waals surface area contributed by atoms with Gasteiger partial charge in [-0.15, -0.1) is 0 Å². The number of rotatable bonds is 3. The van der Waals surface area contributed by atoms with E-state index in [1.807, 2.05) is 0 Å². The second-order valence-electron chi connectivity index (χ2n) is 3.52. The summed E-state index contributed by atoms with van der Waals surface area (Å²) in [4.78, 5) is 3.32. The van der Waals surface area contributed by atoms with Crippen molar-refractivity contribution in [1.29, 1.82) is 0 Å². The summed E-state index contributed by atoms with van der Waals surface area (Å²) in [6.45, 7) is 0. The predicted octanol–water partition coefficient (Wildman–Crippen LogP) is 2.81. The molecule has 0 spiro atoms. The average Bonchev–Trinajstić information content (AvgIpc) is 2.35. The fraction of sp³-hybridized carbons (Fsp3) is 0. The topological polar surface area (TPSA) is 59.1 Å². The van der Waals surface area contributed by atoms with E-state index in [4.69, 9.17) is 11.6 Å². The average molecular weight is 305 g/mol. The molecule has 0 aliphatic rings. The normalized spacial score (nSPS) is 11.3. The molecule has 0 aliphatic heterocycles. The number of hydrogen-bond donors (Lipinski definition) is 1. The van der Waals surface area contributed by atoms with Crippen LogP contribution in [-0.2, 0) is 10.0 Å². The van der Waals surface area contributed by atoms with Gasteiger partial charge in [-0.2, -0.15) is 0 Å². The Bertz CT molecular complexity index is 722. The number of hydrogen-bond acceptors (Lipinski definition) is 3. The molecular weight excluding hydrogens is 298 g/mol. The minimum atomic E-state index is -4.08. The van der Waals surface area contributed by atoms with Crippen LogP contribution >= 0.6 is 11.6 Å². The molecule has 1 heterocycles. The van der Waals surface area contributed by atoms with Crippen molar-refractivity contribution in [2.45, 2.75) is 4.90 Å². The van der Waals surface area contributed by atoms with E-state index in [1.165, 1.54) is 18.3 Å². The standard InChI is InChI=1S/C11H7ClF2N2O2S/c12-8-2-1-5-15-11(8)16-19(17,18)7-3-4-9(13)10(14)6-7/h1-6H,(H,15,16). The summed E-state index contributed by atoms with van der Waals surface area (Å²) in [5.41, 5.74) is 0. The summed E-state index contributed by atoms with van der Waals surface area (Å²) in [6, 6.07) is 5.21. The minimum absolute atomic E-state index is 0.0890. The maximum Gasteiger partial charge on any atom is 0.263 e. The van der Waals surface area contributed by atoms with Crippen LogP contribution in [-0.4, -0.2) is 13.4 Å². The van der Waals surface area contributed by atoms with Gasteiger partial charge in [0.1, 0.15) is 0 Å². The van der Waals surface area contributed by atoms with Crippen molar-refractivity contribution < 1.29 is 17.2 Å². The molecule has 0 radical (unpaired) electrons. The van der Waals surface area contributed by atoms with Gasteiger partial charge in [0, 0.05) is 6.20 Å². The Morgan fingerprint density at radius 1 is 1.16 bits per heavy atom. The molecule has 0 unspecified atom stereocenters. The molecule has 2 rings (SSSR count). The predicted molar refractivity (Wildman–Crippen MR) is 66.4 cm³/mol. The molecule has 1 aromatic heterocycles. The largest absolute Gasteiger partial charge is 0.263 e. The molecule has 8 heteroatoms. The summed E-state index contributed by atoms with van der Waals surface area (Å²) in [5, 5.41) is 0.0914. The quantitative estimate of drug-likeness (QED) is 0.948. The number of halogens is 3. The third kappa shape index (κ3) is 2.99. The van der Waals surface area contributed by atoms with E-state index in [-0.39, 0.29) is 10.8 Å². The first-order chi connectivity index (χ1) is 8.90. The minimum Gasteiger partial charge on any atom is -0.262 e. The third-order valence-electron chi connectivity index (χ3n) is 2.19. The fourth-order valence-corrected chi connectivity index (χ4v) is 2.56. The molecule has 4 nitrogen and oxygen atoms in total. The SMILES string of the molecule is O=S(=O)(Nc1ncccc1Cl)c1ccc(F)c(F)c1. The lowest BCUT2D eigenvalue weighted by atomic mass is 10.3. The third-order valence-corrected chi connectivity index (χ3v) is 3.83. The number of nitrogens with one attached hydrogen (secondary N) is 1. The highest BCUT2D eigenvalue weighted by Gasteiger charge is 2.18. The van der Waals surface area contributed by atoms with E-state index in [2.05, 4.69) is 9.71 Å². The maximum absolute atomic E-state index is 13.0. The first-order valence-corrected chi connectivity index (χ1v) is 6.84. The van der Waals surface area contributed by atoms with Crippen LogP contribution < -0.4 is 4.72 Å². The molecule has 0 amide bonds. The van der Waals surface area contributed by atoms with Gasteiger partial charge in [0.25, 0.3) is 10.0 Å². The Labute approximate surface area is 113 Å². The second-order valence-corrected chi connectivity index (χ2v) is 5.60. The van der Waals surface area contributed by atoms with Gasteiger partial charge >= 0.3 is 0 Å². The number of sulfonamides is 1. The number of anilines is 1. The Balaban J connectivity index is 2.38. The molecule has 1 aromatic carbocycles. The molecule has 0 saturated heterocycles.